The SMILES string of the molecule is C=P(C)(C)CCC1OC(n2cnc3c(N)ccnc32)[C@@](C)(O)[C@@H]1O. The molecule has 3 rings (SSSR count). The highest BCUT2D eigenvalue weighted by Gasteiger charge is 2.53. The van der Waals surface area contributed by atoms with Crippen LogP contribution in [0.25, 0.3) is 11.2 Å². The minimum Gasteiger partial charge on any atom is -0.397 e. The summed E-state index contributed by atoms with van der Waals surface area (Å²) in [5, 5.41) is 21.4. The monoisotopic (exact) mass is 352 g/mol. The average Bonchev–Trinajstić information content (AvgIpc) is 2.99. The van der Waals surface area contributed by atoms with Gasteiger partial charge in [0, 0.05) is 6.20 Å². The van der Waals surface area contributed by atoms with E-state index in [2.05, 4.69) is 29.6 Å². The Morgan fingerprint density at radius 3 is 2.83 bits per heavy atom. The number of aromatic nitrogens is 3. The van der Waals surface area contributed by atoms with Crippen molar-refractivity contribution in [2.45, 2.75) is 37.4 Å². The molecule has 2 unspecified atom stereocenters. The van der Waals surface area contributed by atoms with Crippen molar-refractivity contribution in [3.8, 4) is 0 Å². The second kappa shape index (κ2) is 5.85. The Morgan fingerprint density at radius 1 is 1.46 bits per heavy atom. The molecule has 1 saturated heterocycles. The molecule has 2 aromatic rings. The molecule has 0 spiro atoms. The van der Waals surface area contributed by atoms with Gasteiger partial charge >= 0.3 is 0 Å². The third-order valence-corrected chi connectivity index (χ3v) is 5.99. The number of imidazole rings is 1. The van der Waals surface area contributed by atoms with Crippen molar-refractivity contribution in [1.29, 1.82) is 0 Å². The van der Waals surface area contributed by atoms with Crippen LogP contribution in [0.2, 0.25) is 0 Å². The smallest absolute Gasteiger partial charge is 0.168 e. The Bertz CT molecular complexity index is 798. The summed E-state index contributed by atoms with van der Waals surface area (Å²) in [7, 11) is 0. The van der Waals surface area contributed by atoms with Crippen LogP contribution in [-0.4, -0.2) is 68.3 Å². The number of hydrogen-bond donors (Lipinski definition) is 3. The van der Waals surface area contributed by atoms with E-state index in [9.17, 15) is 10.2 Å². The van der Waals surface area contributed by atoms with E-state index in [0.717, 1.165) is 6.16 Å². The highest BCUT2D eigenvalue weighted by molar-refractivity contribution is 7.72. The molecule has 1 aliphatic heterocycles. The fraction of sp³-hybridized carbons (Fsp3) is 0.562. The van der Waals surface area contributed by atoms with Crippen LogP contribution >= 0.6 is 6.89 Å². The highest BCUT2D eigenvalue weighted by Crippen LogP contribution is 2.43. The molecule has 132 valence electrons. The molecular weight excluding hydrogens is 327 g/mol. The molecule has 4 N–H and O–H groups in total. The zero-order valence-corrected chi connectivity index (χ0v) is 15.1. The average molecular weight is 352 g/mol. The number of aliphatic hydroxyl groups is 2. The van der Waals surface area contributed by atoms with E-state index in [1.165, 1.54) is 0 Å². The van der Waals surface area contributed by atoms with E-state index >= 15 is 0 Å². The van der Waals surface area contributed by atoms with Gasteiger partial charge < -0.3 is 20.7 Å². The molecule has 0 radical (unpaired) electrons. The van der Waals surface area contributed by atoms with Crippen LogP contribution < -0.4 is 5.73 Å². The first-order valence-electron chi connectivity index (χ1n) is 7.91. The number of ether oxygens (including phenoxy) is 1. The van der Waals surface area contributed by atoms with Crippen molar-refractivity contribution < 1.29 is 14.9 Å². The van der Waals surface area contributed by atoms with Gasteiger partial charge in [0.15, 0.2) is 11.9 Å². The summed E-state index contributed by atoms with van der Waals surface area (Å²) in [4.78, 5) is 8.55. The maximum atomic E-state index is 10.8. The van der Waals surface area contributed by atoms with Crippen LogP contribution in [0.1, 0.15) is 19.6 Å². The molecule has 1 aliphatic rings. The van der Waals surface area contributed by atoms with Gasteiger partial charge in [-0.15, -0.1) is 13.2 Å². The maximum absolute atomic E-state index is 10.8. The van der Waals surface area contributed by atoms with Crippen LogP contribution in [0.5, 0.6) is 0 Å². The fourth-order valence-electron chi connectivity index (χ4n) is 3.07. The van der Waals surface area contributed by atoms with Crippen molar-refractivity contribution in [2.24, 2.45) is 0 Å². The predicted octanol–water partition coefficient (Wildman–Crippen LogP) is 1.12. The molecule has 0 bridgehead atoms. The highest BCUT2D eigenvalue weighted by atomic mass is 31.2. The Labute approximate surface area is 141 Å². The first kappa shape index (κ1) is 17.4. The maximum Gasteiger partial charge on any atom is 0.168 e. The van der Waals surface area contributed by atoms with Gasteiger partial charge in [-0.1, -0.05) is 0 Å². The van der Waals surface area contributed by atoms with Crippen LogP contribution in [0.15, 0.2) is 18.6 Å². The summed E-state index contributed by atoms with van der Waals surface area (Å²) < 4.78 is 7.65. The first-order chi connectivity index (χ1) is 11.1. The number of aliphatic hydroxyl groups excluding tert-OH is 1. The molecular formula is C16H25N4O3P. The van der Waals surface area contributed by atoms with Crippen molar-refractivity contribution in [2.75, 3.05) is 25.2 Å². The van der Waals surface area contributed by atoms with Gasteiger partial charge in [0.05, 0.1) is 18.1 Å². The molecule has 1 fully saturated rings. The Kier molecular flexibility index (Phi) is 4.24. The molecule has 0 saturated carbocycles. The molecule has 24 heavy (non-hydrogen) atoms. The van der Waals surface area contributed by atoms with E-state index < -0.39 is 30.9 Å². The molecule has 4 atom stereocenters. The lowest BCUT2D eigenvalue weighted by Gasteiger charge is -2.27. The molecule has 3 heterocycles. The molecule has 0 aliphatic carbocycles. The second-order valence-electron chi connectivity index (χ2n) is 7.37. The lowest BCUT2D eigenvalue weighted by atomic mass is 9.95. The number of rotatable bonds is 4. The lowest BCUT2D eigenvalue weighted by Crippen LogP contribution is -2.43. The van der Waals surface area contributed by atoms with Crippen LogP contribution in [-0.2, 0) is 4.74 Å². The van der Waals surface area contributed by atoms with Crippen LogP contribution in [0.4, 0.5) is 5.69 Å². The normalized spacial score (nSPS) is 31.0. The number of nitrogens with two attached hydrogens (primary N) is 1. The molecule has 0 amide bonds. The minimum absolute atomic E-state index is 0.454. The van der Waals surface area contributed by atoms with E-state index in [-0.39, 0.29) is 0 Å². The quantitative estimate of drug-likeness (QED) is 0.712. The van der Waals surface area contributed by atoms with Gasteiger partial charge in [-0.05, 0) is 38.9 Å². The third-order valence-electron chi connectivity index (χ3n) is 4.52. The third kappa shape index (κ3) is 2.97. The Morgan fingerprint density at radius 2 is 2.17 bits per heavy atom. The van der Waals surface area contributed by atoms with Gasteiger partial charge in [-0.3, -0.25) is 4.57 Å². The molecule has 0 aromatic carbocycles. The summed E-state index contributed by atoms with van der Waals surface area (Å²) in [6.45, 7) is 4.62. The topological polar surface area (TPSA) is 106 Å². The summed E-state index contributed by atoms with van der Waals surface area (Å²) >= 11 is 0. The van der Waals surface area contributed by atoms with Gasteiger partial charge in [0.1, 0.15) is 17.2 Å². The fourth-order valence-corrected chi connectivity index (χ4v) is 4.03. The van der Waals surface area contributed by atoms with Crippen LogP contribution in [0.3, 0.4) is 0 Å². The van der Waals surface area contributed by atoms with Crippen LogP contribution in [0, 0.1) is 0 Å². The summed E-state index contributed by atoms with van der Waals surface area (Å²) in [5.41, 5.74) is 6.06. The largest absolute Gasteiger partial charge is 0.397 e. The standard InChI is InChI=1S/C16H25N4O3P/c1-16(22)13(21)11(6-8-24(2,3)4)23-15(16)20-9-19-12-10(17)5-7-18-14(12)20/h5,7,9,11,13,15,21-22H,2,6,8H2,1,3-4H3,(H2,17,18)/t11?,13-,15?,16+/m1/s1. The van der Waals surface area contributed by atoms with E-state index in [0.29, 0.717) is 23.3 Å². The summed E-state index contributed by atoms with van der Waals surface area (Å²) in [6, 6.07) is 1.67. The number of anilines is 1. The zero-order valence-electron chi connectivity index (χ0n) is 14.3. The number of nitrogens with zero attached hydrogens (tertiary/aromatic N) is 3. The van der Waals surface area contributed by atoms with E-state index in [1.54, 1.807) is 30.1 Å². The van der Waals surface area contributed by atoms with E-state index in [1.807, 2.05) is 0 Å². The second-order valence-corrected chi connectivity index (χ2v) is 11.7. The van der Waals surface area contributed by atoms with Gasteiger partial charge in [0.2, 0.25) is 0 Å². The number of fused-ring (bicyclic) bond motifs is 1. The van der Waals surface area contributed by atoms with Gasteiger partial charge in [-0.2, -0.15) is 0 Å². The van der Waals surface area contributed by atoms with Gasteiger partial charge in [-0.25, -0.2) is 9.97 Å². The predicted molar refractivity (Wildman–Crippen MR) is 97.9 cm³/mol. The first-order valence-corrected chi connectivity index (χ1v) is 11.0. The van der Waals surface area contributed by atoms with Crippen molar-refractivity contribution in [1.82, 2.24) is 14.5 Å². The Balaban J connectivity index is 1.92. The van der Waals surface area contributed by atoms with Crippen molar-refractivity contribution in [3.63, 3.8) is 0 Å². The number of hydrogen-bond acceptors (Lipinski definition) is 6. The Hall–Kier alpha value is -1.40. The minimum atomic E-state index is -1.45. The van der Waals surface area contributed by atoms with Gasteiger partial charge in [0.25, 0.3) is 0 Å². The van der Waals surface area contributed by atoms with Crippen molar-refractivity contribution in [3.05, 3.63) is 18.6 Å². The van der Waals surface area contributed by atoms with E-state index in [4.69, 9.17) is 10.5 Å². The molecule has 7 nitrogen and oxygen atoms in total. The summed E-state index contributed by atoms with van der Waals surface area (Å²) in [6.07, 6.45) is 6.63. The summed E-state index contributed by atoms with van der Waals surface area (Å²) in [5.74, 6) is 0. The van der Waals surface area contributed by atoms with Crippen molar-refractivity contribution >= 4 is 30.0 Å². The molecule has 2 aromatic heterocycles. The lowest BCUT2D eigenvalue weighted by molar-refractivity contribution is -0.0939. The number of pyridine rings is 1. The zero-order chi connectivity index (χ0) is 17.7. The number of nitrogen functional groups attached to an aromatic ring is 1. The molecule has 8 heteroatoms.